The first kappa shape index (κ1) is 14.3. The zero-order chi connectivity index (χ0) is 12.8. The molecule has 0 atom stereocenters. The van der Waals surface area contributed by atoms with Crippen LogP contribution in [-0.4, -0.2) is 23.2 Å². The van der Waals surface area contributed by atoms with Crippen LogP contribution >= 0.6 is 11.5 Å². The summed E-state index contributed by atoms with van der Waals surface area (Å²) in [6.45, 7) is 8.69. The topological polar surface area (TPSA) is 3.24 Å². The van der Waals surface area contributed by atoms with Crippen molar-refractivity contribution in [3.05, 3.63) is 41.9 Å². The summed E-state index contributed by atoms with van der Waals surface area (Å²) in [6, 6.07) is 11.1. The van der Waals surface area contributed by atoms with Crippen molar-refractivity contribution in [3.8, 4) is 0 Å². The van der Waals surface area contributed by atoms with Gasteiger partial charge in [0.05, 0.1) is 0 Å². The van der Waals surface area contributed by atoms with Gasteiger partial charge < -0.3 is 4.81 Å². The van der Waals surface area contributed by atoms with Gasteiger partial charge in [0.1, 0.15) is 0 Å². The van der Waals surface area contributed by atoms with E-state index in [1.807, 2.05) is 18.2 Å². The van der Waals surface area contributed by atoms with E-state index >= 15 is 0 Å². The molecule has 0 amide bonds. The molecule has 0 heterocycles. The Morgan fingerprint density at radius 1 is 1.06 bits per heavy atom. The summed E-state index contributed by atoms with van der Waals surface area (Å²) in [4.78, 5) is 2.28. The molecule has 0 saturated heterocycles. The van der Waals surface area contributed by atoms with E-state index in [2.05, 4.69) is 56.7 Å². The second-order valence-corrected chi connectivity index (χ2v) is 5.22. The Morgan fingerprint density at radius 3 is 2.06 bits per heavy atom. The summed E-state index contributed by atoms with van der Waals surface area (Å²) in [5.74, 6) is 2.05. The molecule has 0 N–H and O–H groups in total. The van der Waals surface area contributed by atoms with Crippen molar-refractivity contribution in [1.29, 1.82) is 0 Å². The smallest absolute Gasteiger partial charge is 0.320 e. The lowest BCUT2D eigenvalue weighted by molar-refractivity contribution is 0.312. The molecular weight excluding hydrogens is 228 g/mol. The summed E-state index contributed by atoms with van der Waals surface area (Å²) < 4.78 is 0. The minimum Gasteiger partial charge on any atom is -0.320 e. The van der Waals surface area contributed by atoms with Crippen molar-refractivity contribution in [3.63, 3.8) is 0 Å². The zero-order valence-electron chi connectivity index (χ0n) is 11.1. The summed E-state index contributed by atoms with van der Waals surface area (Å²) in [7, 11) is 0. The Kier molecular flexibility index (Phi) is 5.80. The molecule has 1 nitrogen and oxygen atoms in total. The van der Waals surface area contributed by atoms with Crippen LogP contribution in [0.4, 0.5) is 0 Å². The molecule has 0 aliphatic rings. The molecule has 0 aromatic heterocycles. The Labute approximate surface area is 110 Å². The summed E-state index contributed by atoms with van der Waals surface area (Å²) in [5, 5.41) is 0. The number of nitrogens with zero attached hydrogens (tertiary/aromatic N) is 1. The molecule has 0 unspecified atom stereocenters. The monoisotopic (exact) mass is 249 g/mol. The van der Waals surface area contributed by atoms with Gasteiger partial charge in [-0.25, -0.2) is 0 Å². The minimum absolute atomic E-state index is 0.0600. The fraction of sp³-hybridized carbons (Fsp3) is 0.429. The van der Waals surface area contributed by atoms with Gasteiger partial charge in [-0.05, 0) is 17.6 Å². The first-order valence-corrected chi connectivity index (χ1v) is 6.60. The maximum absolute atomic E-state index is 6.43. The van der Waals surface area contributed by atoms with Crippen LogP contribution in [0.1, 0.15) is 33.3 Å². The number of hydrogen-bond donors (Lipinski definition) is 0. The van der Waals surface area contributed by atoms with Gasteiger partial charge in [0.25, 0.3) is 0 Å². The van der Waals surface area contributed by atoms with Crippen LogP contribution in [0.3, 0.4) is 0 Å². The van der Waals surface area contributed by atoms with Crippen molar-refractivity contribution < 1.29 is 0 Å². The SMILES string of the molecule is CC(C)N(B(Cl)/C=C/c1ccccc1)C(C)C. The van der Waals surface area contributed by atoms with Crippen LogP contribution in [-0.2, 0) is 0 Å². The molecule has 1 rings (SSSR count). The van der Waals surface area contributed by atoms with E-state index in [0.29, 0.717) is 12.1 Å². The van der Waals surface area contributed by atoms with Gasteiger partial charge >= 0.3 is 6.26 Å². The second kappa shape index (κ2) is 6.88. The molecule has 3 heteroatoms. The third-order valence-corrected chi connectivity index (χ3v) is 3.10. The Morgan fingerprint density at radius 2 is 1.59 bits per heavy atom. The number of benzene rings is 1. The zero-order valence-corrected chi connectivity index (χ0v) is 11.9. The molecule has 0 bridgehead atoms. The van der Waals surface area contributed by atoms with Crippen LogP contribution in [0.5, 0.6) is 0 Å². The van der Waals surface area contributed by atoms with Gasteiger partial charge in [-0.3, -0.25) is 0 Å². The maximum Gasteiger partial charge on any atom is 0.357 e. The molecular formula is C14H21BClN. The first-order chi connectivity index (χ1) is 8.02. The van der Waals surface area contributed by atoms with E-state index < -0.39 is 0 Å². The van der Waals surface area contributed by atoms with E-state index in [0.717, 1.165) is 0 Å². The van der Waals surface area contributed by atoms with Gasteiger partial charge in [0, 0.05) is 0 Å². The normalized spacial score (nSPS) is 12.0. The van der Waals surface area contributed by atoms with Crippen LogP contribution in [0.25, 0.3) is 6.08 Å². The van der Waals surface area contributed by atoms with Gasteiger partial charge in [-0.15, -0.1) is 0 Å². The van der Waals surface area contributed by atoms with E-state index in [9.17, 15) is 0 Å². The van der Waals surface area contributed by atoms with Gasteiger partial charge in [-0.1, -0.05) is 70.1 Å². The lowest BCUT2D eigenvalue weighted by atomic mass is 9.84. The summed E-state index contributed by atoms with van der Waals surface area (Å²) in [6.07, 6.45) is 2.02. The highest BCUT2D eigenvalue weighted by molar-refractivity contribution is 7.08. The fourth-order valence-electron chi connectivity index (χ4n) is 2.02. The third kappa shape index (κ3) is 4.57. The van der Waals surface area contributed by atoms with Crippen molar-refractivity contribution in [2.75, 3.05) is 0 Å². The second-order valence-electron chi connectivity index (χ2n) is 4.78. The first-order valence-electron chi connectivity index (χ1n) is 6.17. The minimum atomic E-state index is -0.0600. The molecule has 0 spiro atoms. The maximum atomic E-state index is 6.43. The van der Waals surface area contributed by atoms with Crippen molar-refractivity contribution in [2.45, 2.75) is 39.8 Å². The van der Waals surface area contributed by atoms with Crippen LogP contribution in [0.15, 0.2) is 36.3 Å². The van der Waals surface area contributed by atoms with E-state index in [-0.39, 0.29) is 6.26 Å². The highest BCUT2D eigenvalue weighted by Crippen LogP contribution is 2.13. The summed E-state index contributed by atoms with van der Waals surface area (Å²) >= 11 is 6.43. The largest absolute Gasteiger partial charge is 0.357 e. The predicted molar refractivity (Wildman–Crippen MR) is 79.2 cm³/mol. The van der Waals surface area contributed by atoms with Gasteiger partial charge in [0.15, 0.2) is 0 Å². The van der Waals surface area contributed by atoms with Crippen LogP contribution in [0, 0.1) is 0 Å². The standard InChI is InChI=1S/C14H21BClN/c1-12(2)17(13(3)4)15(16)11-10-14-8-6-5-7-9-14/h5-13H,1-4H3/b11-10+. The number of rotatable bonds is 5. The van der Waals surface area contributed by atoms with E-state index in [1.165, 1.54) is 5.56 Å². The van der Waals surface area contributed by atoms with E-state index in [1.54, 1.807) is 0 Å². The molecule has 1 aromatic carbocycles. The molecule has 0 fully saturated rings. The molecule has 0 aliphatic heterocycles. The fourth-order valence-corrected chi connectivity index (χ4v) is 2.54. The average Bonchev–Trinajstić information content (AvgIpc) is 2.27. The Balaban J connectivity index is 2.70. The highest BCUT2D eigenvalue weighted by Gasteiger charge is 2.23. The molecule has 92 valence electrons. The van der Waals surface area contributed by atoms with Gasteiger partial charge in [0.2, 0.25) is 0 Å². The van der Waals surface area contributed by atoms with Crippen molar-refractivity contribution >= 4 is 23.8 Å². The van der Waals surface area contributed by atoms with Crippen LogP contribution < -0.4 is 0 Å². The van der Waals surface area contributed by atoms with Crippen molar-refractivity contribution in [2.24, 2.45) is 0 Å². The quantitative estimate of drug-likeness (QED) is 0.711. The molecule has 17 heavy (non-hydrogen) atoms. The Hall–Kier alpha value is -0.725. The van der Waals surface area contributed by atoms with Crippen LogP contribution in [0.2, 0.25) is 0 Å². The third-order valence-electron chi connectivity index (χ3n) is 2.72. The van der Waals surface area contributed by atoms with E-state index in [4.69, 9.17) is 11.5 Å². The lowest BCUT2D eigenvalue weighted by Crippen LogP contribution is -2.44. The Bertz CT molecular complexity index is 340. The summed E-state index contributed by atoms with van der Waals surface area (Å²) in [5.41, 5.74) is 1.19. The number of hydrogen-bond acceptors (Lipinski definition) is 1. The van der Waals surface area contributed by atoms with Gasteiger partial charge in [-0.2, -0.15) is 11.5 Å². The highest BCUT2D eigenvalue weighted by atomic mass is 35.5. The molecule has 0 aliphatic carbocycles. The number of halogens is 1. The lowest BCUT2D eigenvalue weighted by Gasteiger charge is -2.31. The van der Waals surface area contributed by atoms with Crippen molar-refractivity contribution in [1.82, 2.24) is 4.81 Å². The molecule has 0 saturated carbocycles. The predicted octanol–water partition coefficient (Wildman–Crippen LogP) is 4.08. The molecule has 0 radical (unpaired) electrons. The average molecular weight is 250 g/mol. The molecule has 1 aromatic rings.